The normalized spacial score (nSPS) is 11.8. The van der Waals surface area contributed by atoms with Gasteiger partial charge in [0.2, 0.25) is 0 Å². The largest absolute Gasteiger partial charge is 0.477 e. The highest BCUT2D eigenvalue weighted by atomic mass is 35.5. The van der Waals surface area contributed by atoms with Gasteiger partial charge in [-0.05, 0) is 6.07 Å². The minimum Gasteiger partial charge on any atom is -0.477 e. The van der Waals surface area contributed by atoms with Gasteiger partial charge in [0.25, 0.3) is 11.5 Å². The van der Waals surface area contributed by atoms with Gasteiger partial charge >= 0.3 is 5.97 Å². The molecule has 5 nitrogen and oxygen atoms in total. The van der Waals surface area contributed by atoms with Crippen molar-refractivity contribution in [1.82, 2.24) is 5.32 Å². The highest BCUT2D eigenvalue weighted by Gasteiger charge is 2.22. The van der Waals surface area contributed by atoms with E-state index in [1.807, 2.05) is 5.32 Å². The first-order valence-electron chi connectivity index (χ1n) is 4.34. The van der Waals surface area contributed by atoms with E-state index >= 15 is 0 Å². The van der Waals surface area contributed by atoms with Gasteiger partial charge in [0.15, 0.2) is 0 Å². The molecule has 1 aromatic carbocycles. The van der Waals surface area contributed by atoms with Crippen molar-refractivity contribution in [3.05, 3.63) is 27.2 Å². The van der Waals surface area contributed by atoms with E-state index in [0.29, 0.717) is 0 Å². The molecule has 1 unspecified atom stereocenters. The van der Waals surface area contributed by atoms with Crippen LogP contribution in [-0.2, 0) is 4.79 Å². The summed E-state index contributed by atoms with van der Waals surface area (Å²) in [5.74, 6) is -1.44. The topological polar surface area (TPSA) is 75.6 Å². The van der Waals surface area contributed by atoms with Crippen LogP contribution >= 0.6 is 47.4 Å². The number of benzene rings is 1. The second-order valence-electron chi connectivity index (χ2n) is 2.98. The van der Waals surface area contributed by atoms with Crippen LogP contribution in [0.1, 0.15) is 0 Å². The number of carbonyl (C=O) groups is 2. The zero-order chi connectivity index (χ0) is 13.9. The van der Waals surface area contributed by atoms with Crippen LogP contribution in [0, 0.1) is 0 Å². The number of carboxylic acid groups (broad SMARTS) is 1. The number of nitrogens with one attached hydrogen (secondary N) is 1. The molecule has 0 aliphatic heterocycles. The Balaban J connectivity index is 2.97. The lowest BCUT2D eigenvalue weighted by Gasteiger charge is -2.16. The fraction of sp³-hybridized carbons (Fsp3) is 0.111. The molecule has 98 valence electrons. The number of carboxylic acids is 1. The monoisotopic (exact) mass is 329 g/mol. The van der Waals surface area contributed by atoms with Crippen LogP contribution in [0.25, 0.3) is 0 Å². The molecule has 18 heavy (non-hydrogen) atoms. The zero-order valence-corrected chi connectivity index (χ0v) is 11.6. The maximum absolute atomic E-state index is 10.8. The number of ether oxygens (including phenoxy) is 1. The highest BCUT2D eigenvalue weighted by Crippen LogP contribution is 2.34. The number of amides is 1. The predicted molar refractivity (Wildman–Crippen MR) is 71.0 cm³/mol. The lowest BCUT2D eigenvalue weighted by atomic mass is 10.3. The van der Waals surface area contributed by atoms with Crippen LogP contribution < -0.4 is 10.1 Å². The minimum atomic E-state index is -1.63. The molecule has 1 atom stereocenters. The zero-order valence-electron chi connectivity index (χ0n) is 8.49. The van der Waals surface area contributed by atoms with E-state index in [-0.39, 0.29) is 20.8 Å². The maximum Gasteiger partial charge on any atom is 0.366 e. The van der Waals surface area contributed by atoms with Crippen LogP contribution in [0.15, 0.2) is 12.1 Å². The van der Waals surface area contributed by atoms with Gasteiger partial charge in [0, 0.05) is 6.07 Å². The Hall–Kier alpha value is -0.820. The summed E-state index contributed by atoms with van der Waals surface area (Å²) < 4.78 is 5.00. The molecule has 0 aliphatic carbocycles. The van der Waals surface area contributed by atoms with Gasteiger partial charge in [-0.25, -0.2) is 4.79 Å². The lowest BCUT2D eigenvalue weighted by molar-refractivity contribution is -0.145. The van der Waals surface area contributed by atoms with Crippen LogP contribution in [0.4, 0.5) is 4.79 Å². The average Bonchev–Trinajstić information content (AvgIpc) is 2.23. The average molecular weight is 331 g/mol. The third kappa shape index (κ3) is 4.13. The lowest BCUT2D eigenvalue weighted by Crippen LogP contribution is -2.42. The molecule has 1 amide bonds. The molecule has 0 aliphatic rings. The number of halogens is 3. The Morgan fingerprint density at radius 2 is 1.78 bits per heavy atom. The smallest absolute Gasteiger partial charge is 0.366 e. The Morgan fingerprint density at radius 3 is 2.28 bits per heavy atom. The fourth-order valence-corrected chi connectivity index (χ4v) is 1.67. The molecule has 1 rings (SSSR count). The Morgan fingerprint density at radius 1 is 1.22 bits per heavy atom. The summed E-state index contributed by atoms with van der Waals surface area (Å²) in [5, 5.41) is 10.3. The molecular weight excluding hydrogens is 325 g/mol. The molecule has 0 fully saturated rings. The minimum absolute atomic E-state index is 0.0273. The Bertz CT molecular complexity index is 497. The van der Waals surface area contributed by atoms with Crippen LogP contribution in [0.2, 0.25) is 15.1 Å². The maximum atomic E-state index is 10.8. The predicted octanol–water partition coefficient (Wildman–Crippen LogP) is 3.08. The number of rotatable bonds is 4. The number of thiol groups is 1. The van der Waals surface area contributed by atoms with Gasteiger partial charge in [0.1, 0.15) is 5.75 Å². The van der Waals surface area contributed by atoms with E-state index in [0.717, 1.165) is 0 Å². The summed E-state index contributed by atoms with van der Waals surface area (Å²) in [6, 6.07) is 2.54. The van der Waals surface area contributed by atoms with Crippen molar-refractivity contribution < 1.29 is 19.4 Å². The van der Waals surface area contributed by atoms with Gasteiger partial charge in [-0.1, -0.05) is 47.4 Å². The summed E-state index contributed by atoms with van der Waals surface area (Å²) in [7, 11) is 0. The summed E-state index contributed by atoms with van der Waals surface area (Å²) in [4.78, 5) is 21.5. The quantitative estimate of drug-likeness (QED) is 0.450. The third-order valence-electron chi connectivity index (χ3n) is 1.70. The standard InChI is InChI=1S/C9H6Cl3NO4S/c10-3-1-5(12)6(2-4(3)11)17-7(8(14)15)13-9(16)18/h1-2,7H,(H,14,15)(H2,13,16,18). The fourth-order valence-electron chi connectivity index (χ4n) is 0.975. The van der Waals surface area contributed by atoms with Crippen molar-refractivity contribution in [2.24, 2.45) is 0 Å². The molecular formula is C9H6Cl3NO4S. The van der Waals surface area contributed by atoms with E-state index in [1.165, 1.54) is 12.1 Å². The first-order valence-corrected chi connectivity index (χ1v) is 5.93. The molecule has 9 heteroatoms. The summed E-state index contributed by atoms with van der Waals surface area (Å²) in [5.41, 5.74) is 0. The summed E-state index contributed by atoms with van der Waals surface area (Å²) >= 11 is 20.6. The number of hydrogen-bond donors (Lipinski definition) is 3. The molecule has 0 spiro atoms. The van der Waals surface area contributed by atoms with Crippen molar-refractivity contribution in [3.63, 3.8) is 0 Å². The summed E-state index contributed by atoms with van der Waals surface area (Å²) in [6.45, 7) is 0. The first-order chi connectivity index (χ1) is 8.31. The third-order valence-corrected chi connectivity index (χ3v) is 2.85. The molecule has 0 saturated heterocycles. The summed E-state index contributed by atoms with van der Waals surface area (Å²) in [6.07, 6.45) is -1.63. The molecule has 0 radical (unpaired) electrons. The van der Waals surface area contributed by atoms with E-state index in [4.69, 9.17) is 44.6 Å². The molecule has 0 aromatic heterocycles. The molecule has 0 bridgehead atoms. The second kappa shape index (κ2) is 6.38. The number of carbonyl (C=O) groups excluding carboxylic acids is 1. The van der Waals surface area contributed by atoms with Crippen molar-refractivity contribution in [2.45, 2.75) is 6.23 Å². The number of aliphatic carboxylic acids is 1. The van der Waals surface area contributed by atoms with E-state index in [2.05, 4.69) is 12.6 Å². The van der Waals surface area contributed by atoms with Crippen molar-refractivity contribution in [2.75, 3.05) is 0 Å². The SMILES string of the molecule is O=C(S)NC(Oc1cc(Cl)c(Cl)cc1Cl)C(=O)O. The molecule has 0 saturated carbocycles. The molecule has 1 aromatic rings. The van der Waals surface area contributed by atoms with Crippen molar-refractivity contribution >= 4 is 58.6 Å². The highest BCUT2D eigenvalue weighted by molar-refractivity contribution is 7.96. The van der Waals surface area contributed by atoms with Gasteiger partial charge in [0.05, 0.1) is 15.1 Å². The Kier molecular flexibility index (Phi) is 5.40. The Labute approximate surface area is 122 Å². The van der Waals surface area contributed by atoms with Crippen molar-refractivity contribution in [3.8, 4) is 5.75 Å². The van der Waals surface area contributed by atoms with E-state index < -0.39 is 17.4 Å². The van der Waals surface area contributed by atoms with Crippen molar-refractivity contribution in [1.29, 1.82) is 0 Å². The van der Waals surface area contributed by atoms with E-state index in [9.17, 15) is 9.59 Å². The van der Waals surface area contributed by atoms with Gasteiger partial charge in [-0.2, -0.15) is 0 Å². The molecule has 2 N–H and O–H groups in total. The second-order valence-corrected chi connectivity index (χ2v) is 4.61. The van der Waals surface area contributed by atoms with Gasteiger partial charge in [-0.3, -0.25) is 4.79 Å². The van der Waals surface area contributed by atoms with Gasteiger partial charge < -0.3 is 15.2 Å². The first kappa shape index (κ1) is 15.2. The van der Waals surface area contributed by atoms with Crippen LogP contribution in [0.3, 0.4) is 0 Å². The van der Waals surface area contributed by atoms with Crippen LogP contribution in [-0.4, -0.2) is 22.5 Å². The number of hydrogen-bond acceptors (Lipinski definition) is 3. The van der Waals surface area contributed by atoms with Gasteiger partial charge in [-0.15, -0.1) is 0 Å². The van der Waals surface area contributed by atoms with Crippen LogP contribution in [0.5, 0.6) is 5.75 Å². The van der Waals surface area contributed by atoms with E-state index in [1.54, 1.807) is 0 Å². The molecule has 0 heterocycles.